The third kappa shape index (κ3) is 3.74. The molecule has 2 N–H and O–H groups in total. The number of hydrogen-bond donors (Lipinski definition) is 2. The Hall–Kier alpha value is -3.02. The third-order valence-electron chi connectivity index (χ3n) is 3.90. The first-order valence-corrected chi connectivity index (χ1v) is 8.13. The normalized spacial score (nSPS) is 16.4. The molecular formula is C19H20N2O4. The molecule has 1 aliphatic heterocycles. The lowest BCUT2D eigenvalue weighted by molar-refractivity contribution is -0.130. The van der Waals surface area contributed by atoms with E-state index in [-0.39, 0.29) is 12.4 Å². The summed E-state index contributed by atoms with van der Waals surface area (Å²) in [6.45, 7) is 3.96. The van der Waals surface area contributed by atoms with Crippen LogP contribution in [-0.4, -0.2) is 29.4 Å². The highest BCUT2D eigenvalue weighted by Crippen LogP contribution is 2.30. The number of phenolic OH excluding ortho intramolecular Hbond substituents is 1. The zero-order valence-corrected chi connectivity index (χ0v) is 14.2. The highest BCUT2D eigenvalue weighted by molar-refractivity contribution is 6.03. The minimum absolute atomic E-state index is 0.121. The Kier molecular flexibility index (Phi) is 4.88. The van der Waals surface area contributed by atoms with Gasteiger partial charge in [0.1, 0.15) is 12.4 Å². The molecule has 0 aromatic heterocycles. The fourth-order valence-corrected chi connectivity index (χ4v) is 2.55. The minimum Gasteiger partial charge on any atom is -0.507 e. The molecule has 0 aliphatic carbocycles. The Morgan fingerprint density at radius 2 is 2.04 bits per heavy atom. The van der Waals surface area contributed by atoms with Crippen molar-refractivity contribution in [2.45, 2.75) is 26.4 Å². The number of benzene rings is 2. The van der Waals surface area contributed by atoms with E-state index in [0.29, 0.717) is 29.2 Å². The average Bonchev–Trinajstić information content (AvgIpc) is 2.64. The molecular weight excluding hydrogens is 320 g/mol. The van der Waals surface area contributed by atoms with Gasteiger partial charge in [-0.2, -0.15) is 5.10 Å². The number of hydrogen-bond acceptors (Lipinski definition) is 5. The topological polar surface area (TPSA) is 80.2 Å². The molecule has 0 spiro atoms. The Morgan fingerprint density at radius 1 is 1.28 bits per heavy atom. The smallest absolute Gasteiger partial charge is 0.284 e. The van der Waals surface area contributed by atoms with Gasteiger partial charge >= 0.3 is 0 Å². The number of hydrazone groups is 1. The lowest BCUT2D eigenvalue weighted by atomic mass is 10.0. The van der Waals surface area contributed by atoms with Gasteiger partial charge in [0.2, 0.25) is 6.10 Å². The molecule has 0 bridgehead atoms. The van der Waals surface area contributed by atoms with Crippen LogP contribution in [0.2, 0.25) is 0 Å². The summed E-state index contributed by atoms with van der Waals surface area (Å²) < 4.78 is 11.2. The summed E-state index contributed by atoms with van der Waals surface area (Å²) >= 11 is 0. The number of phenols is 1. The number of carbonyl (C=O) groups is 1. The lowest BCUT2D eigenvalue weighted by Gasteiger charge is -2.24. The zero-order valence-electron chi connectivity index (χ0n) is 14.2. The van der Waals surface area contributed by atoms with E-state index in [4.69, 9.17) is 9.47 Å². The molecule has 1 atom stereocenters. The van der Waals surface area contributed by atoms with Crippen molar-refractivity contribution in [3.8, 4) is 17.2 Å². The summed E-state index contributed by atoms with van der Waals surface area (Å²) in [5, 5.41) is 14.2. The van der Waals surface area contributed by atoms with Crippen LogP contribution in [0.4, 0.5) is 0 Å². The molecule has 2 aromatic rings. The minimum atomic E-state index is -0.775. The first-order valence-electron chi connectivity index (χ1n) is 8.13. The molecule has 2 aromatic carbocycles. The van der Waals surface area contributed by atoms with E-state index in [0.717, 1.165) is 5.56 Å². The van der Waals surface area contributed by atoms with Gasteiger partial charge in [0.25, 0.3) is 5.91 Å². The molecule has 0 saturated carbocycles. The molecule has 0 radical (unpaired) electrons. The maximum absolute atomic E-state index is 12.3. The second kappa shape index (κ2) is 7.25. The van der Waals surface area contributed by atoms with Gasteiger partial charge in [-0.1, -0.05) is 30.7 Å². The molecule has 6 nitrogen and oxygen atoms in total. The monoisotopic (exact) mass is 340 g/mol. The van der Waals surface area contributed by atoms with Crippen LogP contribution in [0, 0.1) is 6.92 Å². The van der Waals surface area contributed by atoms with Gasteiger partial charge in [-0.3, -0.25) is 4.79 Å². The van der Waals surface area contributed by atoms with Gasteiger partial charge in [-0.05, 0) is 37.6 Å². The van der Waals surface area contributed by atoms with Crippen LogP contribution in [-0.2, 0) is 4.79 Å². The Bertz CT molecular complexity index is 817. The molecule has 1 heterocycles. The number of ether oxygens (including phenoxy) is 2. The number of carbonyl (C=O) groups excluding carboxylic acids is 1. The number of aryl methyl sites for hydroxylation is 1. The predicted molar refractivity (Wildman–Crippen MR) is 94.2 cm³/mol. The fraction of sp³-hybridized carbons (Fsp3) is 0.263. The molecule has 1 amide bonds. The second-order valence-corrected chi connectivity index (χ2v) is 5.77. The maximum atomic E-state index is 12.3. The third-order valence-corrected chi connectivity index (χ3v) is 3.90. The number of para-hydroxylation sites is 2. The highest BCUT2D eigenvalue weighted by atomic mass is 16.6. The summed E-state index contributed by atoms with van der Waals surface area (Å²) in [6, 6.07) is 12.5. The number of fused-ring (bicyclic) bond motifs is 1. The van der Waals surface area contributed by atoms with E-state index in [9.17, 15) is 9.90 Å². The molecule has 3 rings (SSSR count). The first-order chi connectivity index (χ1) is 12.1. The second-order valence-electron chi connectivity index (χ2n) is 5.77. The van der Waals surface area contributed by atoms with Crippen molar-refractivity contribution in [2.24, 2.45) is 5.10 Å². The zero-order chi connectivity index (χ0) is 17.8. The van der Waals surface area contributed by atoms with Crippen LogP contribution in [0.5, 0.6) is 17.2 Å². The van der Waals surface area contributed by atoms with Crippen LogP contribution in [0.3, 0.4) is 0 Å². The largest absolute Gasteiger partial charge is 0.507 e. The van der Waals surface area contributed by atoms with E-state index in [1.807, 2.05) is 38.1 Å². The van der Waals surface area contributed by atoms with Crippen molar-refractivity contribution in [3.05, 3.63) is 53.6 Å². The van der Waals surface area contributed by atoms with Gasteiger partial charge in [0, 0.05) is 5.56 Å². The quantitative estimate of drug-likeness (QED) is 0.662. The summed E-state index contributed by atoms with van der Waals surface area (Å²) in [4.78, 5) is 12.3. The van der Waals surface area contributed by atoms with Crippen molar-refractivity contribution in [1.82, 2.24) is 5.43 Å². The summed E-state index contributed by atoms with van der Waals surface area (Å²) in [6.07, 6.45) is -0.217. The molecule has 6 heteroatoms. The van der Waals surface area contributed by atoms with E-state index in [2.05, 4.69) is 10.5 Å². The first kappa shape index (κ1) is 16.8. The van der Waals surface area contributed by atoms with Crippen LogP contribution in [0.15, 0.2) is 47.6 Å². The summed E-state index contributed by atoms with van der Waals surface area (Å²) in [5.41, 5.74) is 4.71. The van der Waals surface area contributed by atoms with Crippen molar-refractivity contribution in [1.29, 1.82) is 0 Å². The Labute approximate surface area is 146 Å². The van der Waals surface area contributed by atoms with E-state index >= 15 is 0 Å². The molecule has 130 valence electrons. The molecule has 0 fully saturated rings. The van der Waals surface area contributed by atoms with E-state index < -0.39 is 12.0 Å². The number of nitrogens with zero attached hydrogens (tertiary/aromatic N) is 1. The number of rotatable bonds is 4. The number of amides is 1. The number of aromatic hydroxyl groups is 1. The average molecular weight is 340 g/mol. The molecule has 0 unspecified atom stereocenters. The Morgan fingerprint density at radius 3 is 2.80 bits per heavy atom. The van der Waals surface area contributed by atoms with Crippen LogP contribution < -0.4 is 14.9 Å². The SMILES string of the molecule is CC/C(=N\NC(=O)[C@@H]1COc2ccccc2O1)c1cc(C)ccc1O. The van der Waals surface area contributed by atoms with Gasteiger partial charge in [-0.25, -0.2) is 5.43 Å². The van der Waals surface area contributed by atoms with Crippen molar-refractivity contribution in [2.75, 3.05) is 6.61 Å². The standard InChI is InChI=1S/C19H20N2O4/c1-3-14(13-10-12(2)8-9-15(13)22)20-21-19(23)18-11-24-16-6-4-5-7-17(16)25-18/h4-10,18,22H,3,11H2,1-2H3,(H,21,23)/b20-14+/t18-/m0/s1. The van der Waals surface area contributed by atoms with Crippen molar-refractivity contribution >= 4 is 11.6 Å². The van der Waals surface area contributed by atoms with Crippen LogP contribution in [0.25, 0.3) is 0 Å². The van der Waals surface area contributed by atoms with E-state index in [1.54, 1.807) is 18.2 Å². The van der Waals surface area contributed by atoms with Crippen molar-refractivity contribution < 1.29 is 19.4 Å². The maximum Gasteiger partial charge on any atom is 0.284 e. The Balaban J connectivity index is 1.72. The lowest BCUT2D eigenvalue weighted by Crippen LogP contribution is -2.42. The predicted octanol–water partition coefficient (Wildman–Crippen LogP) is 2.77. The van der Waals surface area contributed by atoms with Gasteiger partial charge < -0.3 is 14.6 Å². The van der Waals surface area contributed by atoms with Crippen molar-refractivity contribution in [3.63, 3.8) is 0 Å². The molecule has 1 aliphatic rings. The summed E-state index contributed by atoms with van der Waals surface area (Å²) in [5.74, 6) is 0.887. The van der Waals surface area contributed by atoms with Crippen LogP contribution in [0.1, 0.15) is 24.5 Å². The van der Waals surface area contributed by atoms with Gasteiger partial charge in [-0.15, -0.1) is 0 Å². The van der Waals surface area contributed by atoms with E-state index in [1.165, 1.54) is 0 Å². The van der Waals surface area contributed by atoms with Gasteiger partial charge in [0.15, 0.2) is 11.5 Å². The highest BCUT2D eigenvalue weighted by Gasteiger charge is 2.27. The van der Waals surface area contributed by atoms with Gasteiger partial charge in [0.05, 0.1) is 5.71 Å². The van der Waals surface area contributed by atoms with Crippen LogP contribution >= 0.6 is 0 Å². The fourth-order valence-electron chi connectivity index (χ4n) is 2.55. The molecule has 25 heavy (non-hydrogen) atoms. The number of nitrogens with one attached hydrogen (secondary N) is 1. The summed E-state index contributed by atoms with van der Waals surface area (Å²) in [7, 11) is 0. The molecule has 0 saturated heterocycles.